The quantitative estimate of drug-likeness (QED) is 0.184. The summed E-state index contributed by atoms with van der Waals surface area (Å²) in [5, 5.41) is 12.1. The Morgan fingerprint density at radius 2 is 0.875 bits per heavy atom. The largest absolute Gasteiger partial charge is 0.455 e. The fraction of sp³-hybridized carbons (Fsp3) is 0. The number of nitrogens with zero attached hydrogens (tertiary/aromatic N) is 1. The van der Waals surface area contributed by atoms with Crippen LogP contribution in [0.15, 0.2) is 180 Å². The highest BCUT2D eigenvalue weighted by Crippen LogP contribution is 2.42. The van der Waals surface area contributed by atoms with Crippen molar-refractivity contribution in [3.05, 3.63) is 176 Å². The maximum Gasteiger partial charge on any atom is 0.143 e. The molecule has 0 atom stereocenters. The monoisotopic (exact) mass is 611 g/mol. The molecule has 0 aliphatic carbocycles. The van der Waals surface area contributed by atoms with Crippen molar-refractivity contribution >= 4 is 82.1 Å². The highest BCUT2D eigenvalue weighted by molar-refractivity contribution is 6.18. The molecule has 0 spiro atoms. The molecule has 224 valence electrons. The Balaban J connectivity index is 1.21. The van der Waals surface area contributed by atoms with E-state index in [9.17, 15) is 0 Å². The Kier molecular flexibility index (Phi) is 5.91. The van der Waals surface area contributed by atoms with Crippen LogP contribution in [0.3, 0.4) is 0 Å². The molecule has 0 unspecified atom stereocenters. The molecule has 2 nitrogen and oxygen atoms in total. The van der Waals surface area contributed by atoms with Crippen LogP contribution in [0.1, 0.15) is 0 Å². The second-order valence-corrected chi connectivity index (χ2v) is 12.6. The third-order valence-corrected chi connectivity index (χ3v) is 9.80. The molecular formula is C46H29NO. The van der Waals surface area contributed by atoms with Crippen LogP contribution in [0.2, 0.25) is 0 Å². The highest BCUT2D eigenvalue weighted by atomic mass is 16.3. The summed E-state index contributed by atoms with van der Waals surface area (Å²) in [6.45, 7) is 0. The van der Waals surface area contributed by atoms with E-state index in [-0.39, 0.29) is 0 Å². The molecular weight excluding hydrogens is 583 g/mol. The van der Waals surface area contributed by atoms with Gasteiger partial charge in [0, 0.05) is 39.3 Å². The first kappa shape index (κ1) is 26.8. The molecule has 0 radical (unpaired) electrons. The van der Waals surface area contributed by atoms with Gasteiger partial charge in [-0.05, 0) is 91.3 Å². The lowest BCUT2D eigenvalue weighted by Crippen LogP contribution is -2.10. The molecule has 0 bridgehead atoms. The van der Waals surface area contributed by atoms with Gasteiger partial charge in [-0.1, -0.05) is 127 Å². The van der Waals surface area contributed by atoms with E-state index in [4.69, 9.17) is 4.42 Å². The number of anilines is 3. The standard InChI is InChI=1S/C46H29NO/c1-2-9-30(10-3-1)34-13-8-14-35(27-34)47(37-22-26-42-43-25-20-32-12-5-7-16-39(32)46(43)48-45(42)29-37)36-21-17-33-19-23-40-38-15-6-4-11-31(38)18-24-41(40)44(33)28-36/h1-29H. The Labute approximate surface area is 277 Å². The van der Waals surface area contributed by atoms with Crippen molar-refractivity contribution in [3.63, 3.8) is 0 Å². The molecule has 0 N–H and O–H groups in total. The summed E-state index contributed by atoms with van der Waals surface area (Å²) in [7, 11) is 0. The van der Waals surface area contributed by atoms with E-state index in [0.29, 0.717) is 0 Å². The van der Waals surface area contributed by atoms with Gasteiger partial charge in [0.25, 0.3) is 0 Å². The summed E-state index contributed by atoms with van der Waals surface area (Å²) in [5.74, 6) is 0. The third kappa shape index (κ3) is 4.20. The van der Waals surface area contributed by atoms with Crippen molar-refractivity contribution in [3.8, 4) is 11.1 Å². The van der Waals surface area contributed by atoms with Gasteiger partial charge >= 0.3 is 0 Å². The Bertz CT molecular complexity index is 2850. The van der Waals surface area contributed by atoms with Crippen molar-refractivity contribution in [2.45, 2.75) is 0 Å². The SMILES string of the molecule is c1ccc(-c2cccc(N(c3ccc4c(c3)oc3c5ccccc5ccc43)c3ccc4ccc5c6ccccc6ccc5c4c3)c2)cc1. The normalized spacial score (nSPS) is 11.8. The number of rotatable bonds is 4. The molecule has 0 aliphatic heterocycles. The van der Waals surface area contributed by atoms with Gasteiger partial charge in [0.2, 0.25) is 0 Å². The molecule has 0 fully saturated rings. The third-order valence-electron chi connectivity index (χ3n) is 9.80. The van der Waals surface area contributed by atoms with Gasteiger partial charge in [0.1, 0.15) is 11.2 Å². The average molecular weight is 612 g/mol. The lowest BCUT2D eigenvalue weighted by atomic mass is 9.96. The molecule has 1 aromatic heterocycles. The minimum atomic E-state index is 0.876. The van der Waals surface area contributed by atoms with Gasteiger partial charge in [-0.3, -0.25) is 0 Å². The topological polar surface area (TPSA) is 16.4 Å². The number of fused-ring (bicyclic) bond motifs is 10. The highest BCUT2D eigenvalue weighted by Gasteiger charge is 2.18. The maximum atomic E-state index is 6.66. The predicted octanol–water partition coefficient (Wildman–Crippen LogP) is 13.3. The summed E-state index contributed by atoms with van der Waals surface area (Å²) in [5.41, 5.74) is 7.39. The summed E-state index contributed by atoms with van der Waals surface area (Å²) in [6, 6.07) is 63.3. The second-order valence-electron chi connectivity index (χ2n) is 12.6. The van der Waals surface area contributed by atoms with Crippen LogP contribution in [0.25, 0.3) is 76.2 Å². The number of hydrogen-bond donors (Lipinski definition) is 0. The molecule has 0 saturated carbocycles. The summed E-state index contributed by atoms with van der Waals surface area (Å²) < 4.78 is 6.66. The average Bonchev–Trinajstić information content (AvgIpc) is 3.54. The van der Waals surface area contributed by atoms with E-state index in [1.807, 2.05) is 0 Å². The van der Waals surface area contributed by atoms with Crippen LogP contribution in [-0.2, 0) is 0 Å². The first-order chi connectivity index (χ1) is 23.8. The van der Waals surface area contributed by atoms with Gasteiger partial charge in [-0.25, -0.2) is 0 Å². The maximum absolute atomic E-state index is 6.66. The second kappa shape index (κ2) is 10.6. The predicted molar refractivity (Wildman–Crippen MR) is 204 cm³/mol. The van der Waals surface area contributed by atoms with Crippen molar-refractivity contribution < 1.29 is 4.42 Å². The van der Waals surface area contributed by atoms with Gasteiger partial charge in [0.05, 0.1) is 0 Å². The minimum Gasteiger partial charge on any atom is -0.455 e. The van der Waals surface area contributed by atoms with Gasteiger partial charge in [-0.15, -0.1) is 0 Å². The molecule has 0 amide bonds. The Morgan fingerprint density at radius 1 is 0.312 bits per heavy atom. The zero-order chi connectivity index (χ0) is 31.6. The fourth-order valence-electron chi connectivity index (χ4n) is 7.48. The fourth-order valence-corrected chi connectivity index (χ4v) is 7.48. The van der Waals surface area contributed by atoms with Crippen LogP contribution in [-0.4, -0.2) is 0 Å². The lowest BCUT2D eigenvalue weighted by Gasteiger charge is -2.26. The molecule has 48 heavy (non-hydrogen) atoms. The molecule has 0 aliphatic rings. The van der Waals surface area contributed by atoms with Crippen molar-refractivity contribution in [1.82, 2.24) is 0 Å². The van der Waals surface area contributed by atoms with E-state index < -0.39 is 0 Å². The molecule has 9 aromatic carbocycles. The first-order valence-electron chi connectivity index (χ1n) is 16.4. The first-order valence-corrected chi connectivity index (χ1v) is 16.4. The summed E-state index contributed by atoms with van der Waals surface area (Å²) in [6.07, 6.45) is 0. The molecule has 10 rings (SSSR count). The van der Waals surface area contributed by atoms with Gasteiger partial charge in [-0.2, -0.15) is 0 Å². The van der Waals surface area contributed by atoms with E-state index in [1.165, 1.54) is 48.8 Å². The van der Waals surface area contributed by atoms with Crippen molar-refractivity contribution in [2.75, 3.05) is 4.90 Å². The zero-order valence-electron chi connectivity index (χ0n) is 26.1. The van der Waals surface area contributed by atoms with Crippen LogP contribution in [0.4, 0.5) is 17.1 Å². The van der Waals surface area contributed by atoms with E-state index in [0.717, 1.165) is 44.4 Å². The minimum absolute atomic E-state index is 0.876. The van der Waals surface area contributed by atoms with E-state index in [1.54, 1.807) is 0 Å². The Morgan fingerprint density at radius 3 is 1.71 bits per heavy atom. The van der Waals surface area contributed by atoms with E-state index >= 15 is 0 Å². The van der Waals surface area contributed by atoms with Crippen LogP contribution >= 0.6 is 0 Å². The molecule has 10 aromatic rings. The Hall–Kier alpha value is -6.38. The van der Waals surface area contributed by atoms with Crippen LogP contribution in [0.5, 0.6) is 0 Å². The molecule has 2 heteroatoms. The number of furan rings is 1. The number of benzene rings is 9. The summed E-state index contributed by atoms with van der Waals surface area (Å²) in [4.78, 5) is 2.36. The smallest absolute Gasteiger partial charge is 0.143 e. The summed E-state index contributed by atoms with van der Waals surface area (Å²) >= 11 is 0. The zero-order valence-corrected chi connectivity index (χ0v) is 26.1. The number of hydrogen-bond acceptors (Lipinski definition) is 2. The molecule has 1 heterocycles. The van der Waals surface area contributed by atoms with Crippen LogP contribution in [0, 0.1) is 0 Å². The van der Waals surface area contributed by atoms with Crippen molar-refractivity contribution in [1.29, 1.82) is 0 Å². The van der Waals surface area contributed by atoms with Crippen LogP contribution < -0.4 is 4.90 Å². The van der Waals surface area contributed by atoms with Gasteiger partial charge in [0.15, 0.2) is 0 Å². The lowest BCUT2D eigenvalue weighted by molar-refractivity contribution is 0.672. The van der Waals surface area contributed by atoms with E-state index in [2.05, 4.69) is 181 Å². The molecule has 0 saturated heterocycles. The van der Waals surface area contributed by atoms with Gasteiger partial charge < -0.3 is 9.32 Å². The van der Waals surface area contributed by atoms with Crippen molar-refractivity contribution in [2.24, 2.45) is 0 Å².